The van der Waals surface area contributed by atoms with E-state index in [0.717, 1.165) is 22.8 Å². The molecule has 0 saturated heterocycles. The lowest BCUT2D eigenvalue weighted by Gasteiger charge is -2.15. The van der Waals surface area contributed by atoms with Gasteiger partial charge in [0.1, 0.15) is 5.75 Å². The van der Waals surface area contributed by atoms with Gasteiger partial charge in [-0.2, -0.15) is 0 Å². The fourth-order valence-electron chi connectivity index (χ4n) is 3.23. The van der Waals surface area contributed by atoms with Gasteiger partial charge in [-0.05, 0) is 61.5 Å². The molecule has 174 valence electrons. The Morgan fingerprint density at radius 3 is 2.50 bits per heavy atom. The average Bonchev–Trinajstić information content (AvgIpc) is 3.26. The zero-order valence-electron chi connectivity index (χ0n) is 18.7. The van der Waals surface area contributed by atoms with Gasteiger partial charge in [0.15, 0.2) is 11.0 Å². The maximum absolute atomic E-state index is 12.8. The lowest BCUT2D eigenvalue weighted by molar-refractivity contribution is -0.115. The molecule has 0 aliphatic carbocycles. The first-order valence-electron chi connectivity index (χ1n) is 10.6. The van der Waals surface area contributed by atoms with Crippen LogP contribution in [0.25, 0.3) is 5.69 Å². The Labute approximate surface area is 207 Å². The number of carbonyl (C=O) groups excluding carboxylic acids is 1. The molecule has 2 N–H and O–H groups in total. The highest BCUT2D eigenvalue weighted by Gasteiger charge is 2.21. The summed E-state index contributed by atoms with van der Waals surface area (Å²) in [4.78, 5) is 12.8. The van der Waals surface area contributed by atoms with Crippen molar-refractivity contribution >= 4 is 40.6 Å². The van der Waals surface area contributed by atoms with Gasteiger partial charge in [-0.15, -0.1) is 10.2 Å². The van der Waals surface area contributed by atoms with Crippen molar-refractivity contribution in [1.29, 1.82) is 0 Å². The number of rotatable bonds is 9. The quantitative estimate of drug-likeness (QED) is 0.293. The normalized spacial score (nSPS) is 11.6. The fraction of sp³-hybridized carbons (Fsp3) is 0.160. The Balaban J connectivity index is 1.55. The number of amides is 1. The highest BCUT2D eigenvalue weighted by atomic mass is 35.5. The van der Waals surface area contributed by atoms with Crippen LogP contribution in [0.5, 0.6) is 5.75 Å². The van der Waals surface area contributed by atoms with Gasteiger partial charge < -0.3 is 15.4 Å². The smallest absolute Gasteiger partial charge is 0.237 e. The molecule has 34 heavy (non-hydrogen) atoms. The maximum Gasteiger partial charge on any atom is 0.237 e. The first kappa shape index (κ1) is 23.7. The summed E-state index contributed by atoms with van der Waals surface area (Å²) in [5, 5.41) is 15.9. The first-order chi connectivity index (χ1) is 16.5. The van der Waals surface area contributed by atoms with Crippen LogP contribution < -0.4 is 15.4 Å². The Kier molecular flexibility index (Phi) is 7.72. The molecule has 0 radical (unpaired) electrons. The third-order valence-electron chi connectivity index (χ3n) is 5.00. The van der Waals surface area contributed by atoms with Crippen molar-refractivity contribution < 1.29 is 9.53 Å². The molecule has 7 nitrogen and oxygen atoms in total. The van der Waals surface area contributed by atoms with E-state index in [1.54, 1.807) is 7.11 Å². The summed E-state index contributed by atoms with van der Waals surface area (Å²) in [6, 6.07) is 24.5. The Morgan fingerprint density at radius 2 is 1.79 bits per heavy atom. The molecule has 0 saturated carbocycles. The van der Waals surface area contributed by atoms with Crippen LogP contribution in [0.15, 0.2) is 84.0 Å². The Bertz CT molecular complexity index is 1250. The van der Waals surface area contributed by atoms with Gasteiger partial charge in [-0.25, -0.2) is 0 Å². The van der Waals surface area contributed by atoms with Crippen LogP contribution in [0.4, 0.5) is 11.4 Å². The number of thioether (sulfide) groups is 1. The van der Waals surface area contributed by atoms with Gasteiger partial charge in [-0.1, -0.05) is 47.6 Å². The Hall–Kier alpha value is -3.49. The molecule has 1 heterocycles. The predicted octanol–water partition coefficient (Wildman–Crippen LogP) is 5.66. The summed E-state index contributed by atoms with van der Waals surface area (Å²) in [7, 11) is 1.64. The van der Waals surface area contributed by atoms with Crippen molar-refractivity contribution in [3.63, 3.8) is 0 Å². The fourth-order valence-corrected chi connectivity index (χ4v) is 4.30. The minimum atomic E-state index is -0.398. The average molecular weight is 494 g/mol. The van der Waals surface area contributed by atoms with E-state index in [2.05, 4.69) is 20.8 Å². The third-order valence-corrected chi connectivity index (χ3v) is 6.28. The third kappa shape index (κ3) is 5.89. The van der Waals surface area contributed by atoms with E-state index in [1.165, 1.54) is 11.8 Å². The number of para-hydroxylation sites is 1. The molecular formula is C25H24ClN5O2S. The van der Waals surface area contributed by atoms with Crippen LogP contribution in [-0.2, 0) is 11.3 Å². The van der Waals surface area contributed by atoms with E-state index in [1.807, 2.05) is 90.4 Å². The lowest BCUT2D eigenvalue weighted by atomic mass is 10.3. The highest BCUT2D eigenvalue weighted by Crippen LogP contribution is 2.28. The summed E-state index contributed by atoms with van der Waals surface area (Å²) in [5.41, 5.74) is 2.49. The number of anilines is 2. The van der Waals surface area contributed by atoms with Gasteiger partial charge in [0.2, 0.25) is 5.91 Å². The van der Waals surface area contributed by atoms with Crippen LogP contribution in [0.1, 0.15) is 12.7 Å². The van der Waals surface area contributed by atoms with Crippen LogP contribution in [0.3, 0.4) is 0 Å². The minimum Gasteiger partial charge on any atom is -0.497 e. The summed E-state index contributed by atoms with van der Waals surface area (Å²) in [6.45, 7) is 2.27. The SMILES string of the molecule is COc1ccc(NCc2nnc(SC(C)C(=O)Nc3ccccc3)n2-c2cccc(Cl)c2)cc1. The van der Waals surface area contributed by atoms with Crippen LogP contribution in [-0.4, -0.2) is 33.0 Å². The number of hydrogen-bond donors (Lipinski definition) is 2. The summed E-state index contributed by atoms with van der Waals surface area (Å²) >= 11 is 7.60. The van der Waals surface area contributed by atoms with E-state index in [0.29, 0.717) is 22.5 Å². The molecule has 1 amide bonds. The van der Waals surface area contributed by atoms with Gasteiger partial charge in [0, 0.05) is 16.4 Å². The monoisotopic (exact) mass is 493 g/mol. The minimum absolute atomic E-state index is 0.116. The van der Waals surface area contributed by atoms with Gasteiger partial charge in [0.25, 0.3) is 0 Å². The number of benzene rings is 3. The summed E-state index contributed by atoms with van der Waals surface area (Å²) in [5.74, 6) is 1.36. The van der Waals surface area contributed by atoms with Crippen molar-refractivity contribution in [3.8, 4) is 11.4 Å². The molecule has 1 atom stereocenters. The topological polar surface area (TPSA) is 81.1 Å². The molecule has 3 aromatic carbocycles. The second-order valence-electron chi connectivity index (χ2n) is 7.41. The molecule has 4 aromatic rings. The van der Waals surface area contributed by atoms with Crippen molar-refractivity contribution in [1.82, 2.24) is 14.8 Å². The number of nitrogens with one attached hydrogen (secondary N) is 2. The van der Waals surface area contributed by atoms with E-state index in [-0.39, 0.29) is 5.91 Å². The zero-order chi connectivity index (χ0) is 23.9. The van der Waals surface area contributed by atoms with Crippen LogP contribution >= 0.6 is 23.4 Å². The summed E-state index contributed by atoms with van der Waals surface area (Å²) in [6.07, 6.45) is 0. The molecule has 4 rings (SSSR count). The molecule has 0 aliphatic rings. The molecule has 0 bridgehead atoms. The number of nitrogens with zero attached hydrogens (tertiary/aromatic N) is 3. The maximum atomic E-state index is 12.8. The van der Waals surface area contributed by atoms with E-state index < -0.39 is 5.25 Å². The second-order valence-corrected chi connectivity index (χ2v) is 9.16. The van der Waals surface area contributed by atoms with Gasteiger partial charge in [0.05, 0.1) is 24.6 Å². The van der Waals surface area contributed by atoms with E-state index in [4.69, 9.17) is 16.3 Å². The number of methoxy groups -OCH3 is 1. The lowest BCUT2D eigenvalue weighted by Crippen LogP contribution is -2.23. The van der Waals surface area contributed by atoms with Gasteiger partial charge >= 0.3 is 0 Å². The zero-order valence-corrected chi connectivity index (χ0v) is 20.3. The summed E-state index contributed by atoms with van der Waals surface area (Å²) < 4.78 is 7.13. The molecule has 1 aromatic heterocycles. The number of aromatic nitrogens is 3. The van der Waals surface area contributed by atoms with Crippen LogP contribution in [0.2, 0.25) is 5.02 Å². The molecule has 0 aliphatic heterocycles. The van der Waals surface area contributed by atoms with Crippen molar-refractivity contribution in [2.45, 2.75) is 23.9 Å². The largest absolute Gasteiger partial charge is 0.497 e. The molecule has 0 fully saturated rings. The molecular weight excluding hydrogens is 470 g/mol. The Morgan fingerprint density at radius 1 is 1.03 bits per heavy atom. The second kappa shape index (κ2) is 11.1. The highest BCUT2D eigenvalue weighted by molar-refractivity contribution is 8.00. The predicted molar refractivity (Wildman–Crippen MR) is 137 cm³/mol. The van der Waals surface area contributed by atoms with Gasteiger partial charge in [-0.3, -0.25) is 9.36 Å². The van der Waals surface area contributed by atoms with Crippen molar-refractivity contribution in [2.24, 2.45) is 0 Å². The van der Waals surface area contributed by atoms with Crippen LogP contribution in [0, 0.1) is 0 Å². The number of hydrogen-bond acceptors (Lipinski definition) is 6. The van der Waals surface area contributed by atoms with Crippen molar-refractivity contribution in [2.75, 3.05) is 17.7 Å². The standard InChI is InChI=1S/C25H24ClN5O2S/c1-17(24(32)28-20-8-4-3-5-9-20)34-25-30-29-23(31(25)21-10-6-7-18(26)15-21)16-27-19-11-13-22(33-2)14-12-19/h3-15,17,27H,16H2,1-2H3,(H,28,32). The number of halogens is 1. The van der Waals surface area contributed by atoms with E-state index >= 15 is 0 Å². The van der Waals surface area contributed by atoms with E-state index in [9.17, 15) is 4.79 Å². The molecule has 0 spiro atoms. The molecule has 1 unspecified atom stereocenters. The first-order valence-corrected chi connectivity index (χ1v) is 11.9. The number of carbonyl (C=O) groups is 1. The molecule has 9 heteroatoms. The van der Waals surface area contributed by atoms with Crippen molar-refractivity contribution in [3.05, 3.63) is 89.7 Å². The number of ether oxygens (including phenoxy) is 1.